The highest BCUT2D eigenvalue weighted by molar-refractivity contribution is 8.01. The maximum Gasteiger partial charge on any atom is 0.225 e. The number of nitrogens with zero attached hydrogens (tertiary/aromatic N) is 2. The van der Waals surface area contributed by atoms with Crippen LogP contribution in [0.3, 0.4) is 0 Å². The fourth-order valence-corrected chi connectivity index (χ4v) is 3.04. The van der Waals surface area contributed by atoms with Crippen molar-refractivity contribution in [3.8, 4) is 0 Å². The molecule has 1 aromatic heterocycles. The molecule has 0 spiro atoms. The number of anilines is 1. The summed E-state index contributed by atoms with van der Waals surface area (Å²) < 4.78 is 13.4. The van der Waals surface area contributed by atoms with Crippen LogP contribution in [0.2, 0.25) is 0 Å². The molecule has 110 valence electrons. The van der Waals surface area contributed by atoms with Crippen molar-refractivity contribution in [3.63, 3.8) is 0 Å². The lowest BCUT2D eigenvalue weighted by Gasteiger charge is -1.98. The highest BCUT2D eigenvalue weighted by Gasteiger charge is 2.11. The van der Waals surface area contributed by atoms with E-state index in [4.69, 9.17) is 0 Å². The SMILES string of the molecule is CCC(=O)Nc1nnc(SCC(=O)c2ccc(F)cc2)s1. The third kappa shape index (κ3) is 4.61. The summed E-state index contributed by atoms with van der Waals surface area (Å²) in [5.74, 6) is -0.443. The van der Waals surface area contributed by atoms with Gasteiger partial charge in [-0.15, -0.1) is 10.2 Å². The minimum atomic E-state index is -0.375. The van der Waals surface area contributed by atoms with E-state index >= 15 is 0 Å². The summed E-state index contributed by atoms with van der Waals surface area (Å²) in [6, 6.07) is 5.40. The Morgan fingerprint density at radius 2 is 2.00 bits per heavy atom. The van der Waals surface area contributed by atoms with Gasteiger partial charge in [-0.25, -0.2) is 4.39 Å². The van der Waals surface area contributed by atoms with Gasteiger partial charge in [0.25, 0.3) is 0 Å². The second-order valence-corrected chi connectivity index (χ2v) is 6.19. The molecule has 0 aliphatic heterocycles. The second kappa shape index (κ2) is 7.28. The van der Waals surface area contributed by atoms with Gasteiger partial charge in [0.15, 0.2) is 10.1 Å². The van der Waals surface area contributed by atoms with Crippen molar-refractivity contribution in [2.75, 3.05) is 11.1 Å². The van der Waals surface area contributed by atoms with Crippen LogP contribution in [0.1, 0.15) is 23.7 Å². The van der Waals surface area contributed by atoms with Crippen LogP contribution in [-0.2, 0) is 4.79 Å². The van der Waals surface area contributed by atoms with Gasteiger partial charge >= 0.3 is 0 Å². The molecular weight excluding hydrogens is 313 g/mol. The van der Waals surface area contributed by atoms with Crippen molar-refractivity contribution < 1.29 is 14.0 Å². The first kappa shape index (κ1) is 15.6. The Labute approximate surface area is 129 Å². The summed E-state index contributed by atoms with van der Waals surface area (Å²) >= 11 is 2.45. The molecule has 0 atom stereocenters. The number of ketones is 1. The van der Waals surface area contributed by atoms with Gasteiger partial charge in [-0.1, -0.05) is 30.0 Å². The van der Waals surface area contributed by atoms with Crippen LogP contribution in [0.15, 0.2) is 28.6 Å². The Balaban J connectivity index is 1.89. The fraction of sp³-hybridized carbons (Fsp3) is 0.231. The number of rotatable bonds is 6. The van der Waals surface area contributed by atoms with Crippen LogP contribution in [0.4, 0.5) is 9.52 Å². The van der Waals surface area contributed by atoms with Gasteiger partial charge in [0, 0.05) is 12.0 Å². The Morgan fingerprint density at radius 1 is 1.29 bits per heavy atom. The molecule has 1 N–H and O–H groups in total. The molecule has 21 heavy (non-hydrogen) atoms. The van der Waals surface area contributed by atoms with Gasteiger partial charge in [-0.2, -0.15) is 0 Å². The maximum atomic E-state index is 12.8. The predicted octanol–water partition coefficient (Wildman–Crippen LogP) is 3.00. The molecule has 8 heteroatoms. The van der Waals surface area contributed by atoms with Crippen molar-refractivity contribution in [3.05, 3.63) is 35.6 Å². The molecule has 0 bridgehead atoms. The molecule has 0 aliphatic carbocycles. The number of amides is 1. The molecular formula is C13H12FN3O2S2. The van der Waals surface area contributed by atoms with E-state index in [1.165, 1.54) is 47.4 Å². The number of Topliss-reactive ketones (excluding diaryl/α,β-unsaturated/α-hetero) is 1. The van der Waals surface area contributed by atoms with Crippen LogP contribution in [0, 0.1) is 5.82 Å². The molecule has 0 radical (unpaired) electrons. The van der Waals surface area contributed by atoms with Crippen LogP contribution in [0.5, 0.6) is 0 Å². The summed E-state index contributed by atoms with van der Waals surface area (Å²) in [6.07, 6.45) is 0.366. The largest absolute Gasteiger partial charge is 0.301 e. The summed E-state index contributed by atoms with van der Waals surface area (Å²) in [5, 5.41) is 10.7. The number of hydrogen-bond donors (Lipinski definition) is 1. The zero-order chi connectivity index (χ0) is 15.2. The van der Waals surface area contributed by atoms with Gasteiger partial charge in [0.05, 0.1) is 5.75 Å². The second-order valence-electron chi connectivity index (χ2n) is 3.99. The highest BCUT2D eigenvalue weighted by Crippen LogP contribution is 2.26. The lowest BCUT2D eigenvalue weighted by Crippen LogP contribution is -2.08. The number of thioether (sulfide) groups is 1. The average molecular weight is 325 g/mol. The third-order valence-corrected chi connectivity index (χ3v) is 4.44. The monoisotopic (exact) mass is 325 g/mol. The minimum Gasteiger partial charge on any atom is -0.301 e. The highest BCUT2D eigenvalue weighted by atomic mass is 32.2. The molecule has 5 nitrogen and oxygen atoms in total. The quantitative estimate of drug-likeness (QED) is 0.502. The van der Waals surface area contributed by atoms with Crippen LogP contribution >= 0.6 is 23.1 Å². The van der Waals surface area contributed by atoms with Crippen LogP contribution in [0.25, 0.3) is 0 Å². The van der Waals surface area contributed by atoms with Crippen molar-refractivity contribution in [2.45, 2.75) is 17.7 Å². The normalized spacial score (nSPS) is 10.4. The molecule has 1 aromatic carbocycles. The lowest BCUT2D eigenvalue weighted by molar-refractivity contribution is -0.115. The minimum absolute atomic E-state index is 0.116. The van der Waals surface area contributed by atoms with E-state index in [2.05, 4.69) is 15.5 Å². The van der Waals surface area contributed by atoms with E-state index in [0.717, 1.165) is 0 Å². The van der Waals surface area contributed by atoms with E-state index in [0.29, 0.717) is 21.5 Å². The molecule has 1 heterocycles. The first-order chi connectivity index (χ1) is 10.1. The standard InChI is InChI=1S/C13H12FN3O2S2/c1-2-11(19)15-12-16-17-13(21-12)20-7-10(18)8-3-5-9(14)6-4-8/h3-6H,2,7H2,1H3,(H,15,16,19). The van der Waals surface area contributed by atoms with Crippen molar-refractivity contribution in [2.24, 2.45) is 0 Å². The molecule has 0 aliphatic rings. The molecule has 1 amide bonds. The smallest absolute Gasteiger partial charge is 0.225 e. The average Bonchev–Trinajstić information content (AvgIpc) is 2.93. The molecule has 0 saturated carbocycles. The molecule has 0 fully saturated rings. The number of halogens is 1. The Kier molecular flexibility index (Phi) is 5.40. The predicted molar refractivity (Wildman–Crippen MR) is 80.3 cm³/mol. The van der Waals surface area contributed by atoms with Crippen molar-refractivity contribution >= 4 is 39.9 Å². The summed E-state index contributed by atoms with van der Waals surface area (Å²) in [4.78, 5) is 23.1. The Hall–Kier alpha value is -1.80. The molecule has 2 aromatic rings. The summed E-state index contributed by atoms with van der Waals surface area (Å²) in [7, 11) is 0. The van der Waals surface area contributed by atoms with Crippen LogP contribution in [-0.4, -0.2) is 27.6 Å². The number of benzene rings is 1. The van der Waals surface area contributed by atoms with E-state index in [1.54, 1.807) is 6.92 Å². The zero-order valence-electron chi connectivity index (χ0n) is 11.1. The van der Waals surface area contributed by atoms with Gasteiger partial charge < -0.3 is 5.32 Å². The van der Waals surface area contributed by atoms with Gasteiger partial charge in [0.2, 0.25) is 11.0 Å². The topological polar surface area (TPSA) is 72.0 Å². The molecule has 0 unspecified atom stereocenters. The van der Waals surface area contributed by atoms with E-state index in [1.807, 2.05) is 0 Å². The van der Waals surface area contributed by atoms with Crippen LogP contribution < -0.4 is 5.32 Å². The van der Waals surface area contributed by atoms with Crippen molar-refractivity contribution in [1.29, 1.82) is 0 Å². The van der Waals surface area contributed by atoms with Gasteiger partial charge in [0.1, 0.15) is 5.82 Å². The fourth-order valence-electron chi connectivity index (χ4n) is 1.37. The zero-order valence-corrected chi connectivity index (χ0v) is 12.8. The number of carbonyl (C=O) groups is 2. The van der Waals surface area contributed by atoms with Gasteiger partial charge in [-0.3, -0.25) is 9.59 Å². The Bertz CT molecular complexity index is 643. The lowest BCUT2D eigenvalue weighted by atomic mass is 10.1. The maximum absolute atomic E-state index is 12.8. The first-order valence-corrected chi connectivity index (χ1v) is 7.93. The number of hydrogen-bond acceptors (Lipinski definition) is 6. The van der Waals surface area contributed by atoms with E-state index in [9.17, 15) is 14.0 Å². The van der Waals surface area contributed by atoms with E-state index in [-0.39, 0.29) is 23.3 Å². The summed E-state index contributed by atoms with van der Waals surface area (Å²) in [6.45, 7) is 1.74. The molecule has 0 saturated heterocycles. The number of carbonyl (C=O) groups excluding carboxylic acids is 2. The van der Waals surface area contributed by atoms with Crippen molar-refractivity contribution in [1.82, 2.24) is 10.2 Å². The summed E-state index contributed by atoms with van der Waals surface area (Å²) in [5.41, 5.74) is 0.452. The first-order valence-electron chi connectivity index (χ1n) is 6.13. The van der Waals surface area contributed by atoms with E-state index < -0.39 is 0 Å². The number of nitrogens with one attached hydrogen (secondary N) is 1. The molecule has 2 rings (SSSR count). The Morgan fingerprint density at radius 3 is 2.67 bits per heavy atom. The third-order valence-electron chi connectivity index (χ3n) is 2.47. The van der Waals surface area contributed by atoms with Gasteiger partial charge in [-0.05, 0) is 24.3 Å². The number of aromatic nitrogens is 2.